The molecule has 3 nitrogen and oxygen atoms in total. The zero-order chi connectivity index (χ0) is 13.8. The van der Waals surface area contributed by atoms with E-state index in [2.05, 4.69) is 27.6 Å². The van der Waals surface area contributed by atoms with Gasteiger partial charge in [0.2, 0.25) is 10.0 Å². The van der Waals surface area contributed by atoms with E-state index >= 15 is 0 Å². The van der Waals surface area contributed by atoms with E-state index in [0.29, 0.717) is 16.1 Å². The Kier molecular flexibility index (Phi) is 5.82. The molecule has 0 fully saturated rings. The molecule has 0 aliphatic carbocycles. The van der Waals surface area contributed by atoms with E-state index in [4.69, 9.17) is 0 Å². The molecule has 1 N–H and O–H groups in total. The van der Waals surface area contributed by atoms with Crippen molar-refractivity contribution in [2.24, 2.45) is 5.92 Å². The second kappa shape index (κ2) is 6.68. The van der Waals surface area contributed by atoms with Gasteiger partial charge in [0.1, 0.15) is 0 Å². The van der Waals surface area contributed by atoms with Crippen molar-refractivity contribution in [1.82, 2.24) is 4.72 Å². The van der Waals surface area contributed by atoms with Crippen molar-refractivity contribution < 1.29 is 8.42 Å². The number of hydrogen-bond donors (Lipinski definition) is 1. The lowest BCUT2D eigenvalue weighted by atomic mass is 10.0. The van der Waals surface area contributed by atoms with E-state index < -0.39 is 10.0 Å². The third-order valence-electron chi connectivity index (χ3n) is 3.13. The van der Waals surface area contributed by atoms with Crippen LogP contribution in [0, 0.1) is 12.8 Å². The van der Waals surface area contributed by atoms with Crippen molar-refractivity contribution >= 4 is 26.0 Å². The zero-order valence-electron chi connectivity index (χ0n) is 11.0. The molecule has 0 saturated carbocycles. The molecular formula is C13H20BrNO2S. The summed E-state index contributed by atoms with van der Waals surface area (Å²) in [6.07, 6.45) is 0.937. The summed E-state index contributed by atoms with van der Waals surface area (Å²) in [5, 5.41) is 0.618. The lowest BCUT2D eigenvalue weighted by Gasteiger charge is -2.22. The summed E-state index contributed by atoms with van der Waals surface area (Å²) >= 11 is 3.37. The van der Waals surface area contributed by atoms with Gasteiger partial charge < -0.3 is 0 Å². The molecule has 2 atom stereocenters. The van der Waals surface area contributed by atoms with Crippen LogP contribution in [-0.2, 0) is 10.0 Å². The van der Waals surface area contributed by atoms with E-state index in [1.165, 1.54) is 0 Å². The molecule has 102 valence electrons. The van der Waals surface area contributed by atoms with Gasteiger partial charge in [0.25, 0.3) is 0 Å². The van der Waals surface area contributed by atoms with Crippen molar-refractivity contribution in [3.63, 3.8) is 0 Å². The van der Waals surface area contributed by atoms with Crippen molar-refractivity contribution in [1.29, 1.82) is 0 Å². The maximum Gasteiger partial charge on any atom is 0.240 e. The summed E-state index contributed by atoms with van der Waals surface area (Å²) < 4.78 is 27.2. The van der Waals surface area contributed by atoms with Crippen molar-refractivity contribution in [2.45, 2.75) is 38.1 Å². The van der Waals surface area contributed by atoms with Gasteiger partial charge in [-0.15, -0.1) is 0 Å². The summed E-state index contributed by atoms with van der Waals surface area (Å²) in [6.45, 7) is 6.04. The Bertz CT molecular complexity index is 470. The number of aryl methyl sites for hydroxylation is 1. The van der Waals surface area contributed by atoms with Crippen LogP contribution in [0.5, 0.6) is 0 Å². The van der Waals surface area contributed by atoms with E-state index in [0.717, 1.165) is 12.0 Å². The lowest BCUT2D eigenvalue weighted by Crippen LogP contribution is -2.40. The van der Waals surface area contributed by atoms with Crippen LogP contribution in [-0.4, -0.2) is 19.8 Å². The molecule has 0 heterocycles. The molecule has 0 spiro atoms. The number of halogens is 1. The van der Waals surface area contributed by atoms with Crippen molar-refractivity contribution in [3.05, 3.63) is 29.8 Å². The Balaban J connectivity index is 2.90. The van der Waals surface area contributed by atoms with Crippen LogP contribution in [0.4, 0.5) is 0 Å². The molecule has 0 aliphatic heterocycles. The Morgan fingerprint density at radius 2 is 1.83 bits per heavy atom. The third-order valence-corrected chi connectivity index (χ3v) is 5.34. The average molecular weight is 334 g/mol. The number of benzene rings is 1. The molecule has 0 bridgehead atoms. The van der Waals surface area contributed by atoms with Gasteiger partial charge in [-0.25, -0.2) is 13.1 Å². The molecule has 0 aliphatic rings. The highest BCUT2D eigenvalue weighted by Gasteiger charge is 2.22. The minimum Gasteiger partial charge on any atom is -0.207 e. The Hall–Kier alpha value is -0.390. The number of rotatable bonds is 6. The van der Waals surface area contributed by atoms with Gasteiger partial charge in [0, 0.05) is 11.4 Å². The van der Waals surface area contributed by atoms with Gasteiger partial charge in [0.05, 0.1) is 4.90 Å². The van der Waals surface area contributed by atoms with Gasteiger partial charge in [0.15, 0.2) is 0 Å². The van der Waals surface area contributed by atoms with Gasteiger partial charge in [-0.05, 0) is 25.0 Å². The standard InChI is InChI=1S/C13H20BrNO2S/c1-4-11(3)13(9-14)15-18(16,17)12-7-5-10(2)6-8-12/h5-8,11,13,15H,4,9H2,1-3H3/t11?,13-/m1/s1. The van der Waals surface area contributed by atoms with Crippen molar-refractivity contribution in [3.8, 4) is 0 Å². The first-order valence-corrected chi connectivity index (χ1v) is 8.66. The minimum atomic E-state index is -3.42. The highest BCUT2D eigenvalue weighted by molar-refractivity contribution is 9.09. The van der Waals surface area contributed by atoms with Gasteiger partial charge in [-0.3, -0.25) is 0 Å². The Labute approximate surface area is 118 Å². The van der Waals surface area contributed by atoms with Crippen LogP contribution >= 0.6 is 15.9 Å². The first-order valence-electron chi connectivity index (χ1n) is 6.05. The van der Waals surface area contributed by atoms with Gasteiger partial charge >= 0.3 is 0 Å². The van der Waals surface area contributed by atoms with E-state index in [-0.39, 0.29) is 6.04 Å². The molecule has 0 amide bonds. The smallest absolute Gasteiger partial charge is 0.207 e. The van der Waals surface area contributed by atoms with Crippen LogP contribution in [0.1, 0.15) is 25.8 Å². The predicted molar refractivity (Wildman–Crippen MR) is 78.5 cm³/mol. The fourth-order valence-electron chi connectivity index (χ4n) is 1.57. The predicted octanol–water partition coefficient (Wildman–Crippen LogP) is 3.08. The summed E-state index contributed by atoms with van der Waals surface area (Å²) in [7, 11) is -3.42. The first kappa shape index (κ1) is 15.7. The van der Waals surface area contributed by atoms with Crippen molar-refractivity contribution in [2.75, 3.05) is 5.33 Å². The molecule has 1 rings (SSSR count). The maximum absolute atomic E-state index is 12.2. The SMILES string of the molecule is CCC(C)[C@@H](CBr)NS(=O)(=O)c1ccc(C)cc1. The fraction of sp³-hybridized carbons (Fsp3) is 0.538. The van der Waals surface area contributed by atoms with Crippen LogP contribution in [0.3, 0.4) is 0 Å². The van der Waals surface area contributed by atoms with Crippen LogP contribution in [0.15, 0.2) is 29.2 Å². The second-order valence-corrected chi connectivity index (χ2v) is 6.94. The zero-order valence-corrected chi connectivity index (χ0v) is 13.4. The highest BCUT2D eigenvalue weighted by atomic mass is 79.9. The minimum absolute atomic E-state index is 0.0821. The third kappa shape index (κ3) is 4.07. The summed E-state index contributed by atoms with van der Waals surface area (Å²) in [6, 6.07) is 6.81. The van der Waals surface area contributed by atoms with Gasteiger partial charge in [-0.1, -0.05) is 53.9 Å². The molecular weight excluding hydrogens is 314 g/mol. The molecule has 1 aromatic carbocycles. The molecule has 1 unspecified atom stereocenters. The highest BCUT2D eigenvalue weighted by Crippen LogP contribution is 2.15. The Morgan fingerprint density at radius 3 is 2.28 bits per heavy atom. The molecule has 0 radical (unpaired) electrons. The lowest BCUT2D eigenvalue weighted by molar-refractivity contribution is 0.440. The Morgan fingerprint density at radius 1 is 1.28 bits per heavy atom. The summed E-state index contributed by atoms with van der Waals surface area (Å²) in [5.41, 5.74) is 1.05. The number of alkyl halides is 1. The van der Waals surface area contributed by atoms with Crippen LogP contribution < -0.4 is 4.72 Å². The molecule has 18 heavy (non-hydrogen) atoms. The number of sulfonamides is 1. The quantitative estimate of drug-likeness (QED) is 0.813. The molecule has 0 saturated heterocycles. The molecule has 5 heteroatoms. The average Bonchev–Trinajstić information content (AvgIpc) is 2.35. The summed E-state index contributed by atoms with van der Waals surface area (Å²) in [4.78, 5) is 0.322. The molecule has 0 aromatic heterocycles. The monoisotopic (exact) mass is 333 g/mol. The van der Waals surface area contributed by atoms with E-state index in [1.807, 2.05) is 13.8 Å². The van der Waals surface area contributed by atoms with Crippen LogP contribution in [0.2, 0.25) is 0 Å². The first-order chi connectivity index (χ1) is 8.40. The topological polar surface area (TPSA) is 46.2 Å². The largest absolute Gasteiger partial charge is 0.240 e. The summed E-state index contributed by atoms with van der Waals surface area (Å²) in [5.74, 6) is 0.296. The van der Waals surface area contributed by atoms with Crippen LogP contribution in [0.25, 0.3) is 0 Å². The number of nitrogens with one attached hydrogen (secondary N) is 1. The van der Waals surface area contributed by atoms with E-state index in [1.54, 1.807) is 24.3 Å². The van der Waals surface area contributed by atoms with Gasteiger partial charge in [-0.2, -0.15) is 0 Å². The second-order valence-electron chi connectivity index (χ2n) is 4.58. The fourth-order valence-corrected chi connectivity index (χ4v) is 3.93. The number of hydrogen-bond acceptors (Lipinski definition) is 2. The van der Waals surface area contributed by atoms with E-state index in [9.17, 15) is 8.42 Å². The normalized spacial score (nSPS) is 15.3. The molecule has 1 aromatic rings. The maximum atomic E-state index is 12.2.